The van der Waals surface area contributed by atoms with Crippen molar-refractivity contribution in [2.24, 2.45) is 0 Å². The van der Waals surface area contributed by atoms with E-state index in [0.29, 0.717) is 11.8 Å². The minimum Gasteiger partial charge on any atom is -0.436 e. The topological polar surface area (TPSA) is 26.0 Å². The van der Waals surface area contributed by atoms with Crippen LogP contribution >= 0.6 is 0 Å². The molecule has 0 saturated heterocycles. The molecule has 0 atom stereocenters. The molecule has 0 amide bonds. The normalized spacial score (nSPS) is 11.4. The van der Waals surface area contributed by atoms with Gasteiger partial charge in [-0.3, -0.25) is 0 Å². The first-order valence-electron chi connectivity index (χ1n) is 6.61. The van der Waals surface area contributed by atoms with Crippen molar-refractivity contribution in [3.63, 3.8) is 0 Å². The van der Waals surface area contributed by atoms with Gasteiger partial charge in [0, 0.05) is 5.56 Å². The van der Waals surface area contributed by atoms with Crippen molar-refractivity contribution >= 4 is 11.1 Å². The van der Waals surface area contributed by atoms with Crippen LogP contribution in [0.25, 0.3) is 22.6 Å². The van der Waals surface area contributed by atoms with Crippen molar-refractivity contribution in [1.29, 1.82) is 0 Å². The molecule has 0 aliphatic carbocycles. The summed E-state index contributed by atoms with van der Waals surface area (Å²) in [6.07, 6.45) is 0. The van der Waals surface area contributed by atoms with E-state index in [1.807, 2.05) is 12.1 Å². The van der Waals surface area contributed by atoms with Crippen LogP contribution in [0, 0.1) is 6.92 Å². The number of nitrogens with zero attached hydrogens (tertiary/aromatic N) is 1. The van der Waals surface area contributed by atoms with Crippen LogP contribution in [0.3, 0.4) is 0 Å². The fraction of sp³-hybridized carbons (Fsp3) is 0.235. The van der Waals surface area contributed by atoms with Crippen molar-refractivity contribution in [3.05, 3.63) is 53.6 Å². The predicted octanol–water partition coefficient (Wildman–Crippen LogP) is 4.93. The van der Waals surface area contributed by atoms with Gasteiger partial charge in [0.05, 0.1) is 0 Å². The van der Waals surface area contributed by atoms with Gasteiger partial charge in [0.2, 0.25) is 5.89 Å². The Kier molecular flexibility index (Phi) is 2.86. The molecular weight excluding hydrogens is 234 g/mol. The first-order chi connectivity index (χ1) is 9.13. The minimum absolute atomic E-state index is 0.542. The van der Waals surface area contributed by atoms with Crippen LogP contribution < -0.4 is 0 Å². The zero-order valence-electron chi connectivity index (χ0n) is 11.5. The summed E-state index contributed by atoms with van der Waals surface area (Å²) in [5.41, 5.74) is 5.30. The highest BCUT2D eigenvalue weighted by Gasteiger charge is 2.08. The average molecular weight is 251 g/mol. The number of hydrogen-bond acceptors (Lipinski definition) is 2. The zero-order valence-corrected chi connectivity index (χ0v) is 11.5. The maximum atomic E-state index is 5.82. The highest BCUT2D eigenvalue weighted by molar-refractivity contribution is 5.76. The Morgan fingerprint density at radius 1 is 1.00 bits per heavy atom. The highest BCUT2D eigenvalue weighted by atomic mass is 16.3. The third kappa shape index (κ3) is 2.26. The number of fused-ring (bicyclic) bond motifs is 1. The summed E-state index contributed by atoms with van der Waals surface area (Å²) in [5.74, 6) is 1.23. The SMILES string of the molecule is Cc1ccc2nc(-c3ccc(C(C)C)cc3)oc2c1. The van der Waals surface area contributed by atoms with Crippen molar-refractivity contribution in [1.82, 2.24) is 4.98 Å². The molecule has 2 aromatic carbocycles. The monoisotopic (exact) mass is 251 g/mol. The van der Waals surface area contributed by atoms with Crippen LogP contribution in [-0.2, 0) is 0 Å². The van der Waals surface area contributed by atoms with E-state index in [9.17, 15) is 0 Å². The summed E-state index contributed by atoms with van der Waals surface area (Å²) >= 11 is 0. The Bertz CT molecular complexity index is 708. The number of aromatic nitrogens is 1. The second-order valence-electron chi connectivity index (χ2n) is 5.27. The van der Waals surface area contributed by atoms with Crippen LogP contribution in [-0.4, -0.2) is 4.98 Å². The molecule has 3 aromatic rings. The molecule has 1 heterocycles. The zero-order chi connectivity index (χ0) is 13.4. The van der Waals surface area contributed by atoms with Gasteiger partial charge in [-0.25, -0.2) is 4.98 Å². The standard InChI is InChI=1S/C17H17NO/c1-11(2)13-5-7-14(8-6-13)17-18-15-9-4-12(3)10-16(15)19-17/h4-11H,1-3H3. The van der Waals surface area contributed by atoms with Crippen LogP contribution in [0.1, 0.15) is 30.9 Å². The molecule has 2 nitrogen and oxygen atoms in total. The van der Waals surface area contributed by atoms with Gasteiger partial charge in [0.1, 0.15) is 5.52 Å². The van der Waals surface area contributed by atoms with Crippen LogP contribution in [0.2, 0.25) is 0 Å². The van der Waals surface area contributed by atoms with E-state index in [-0.39, 0.29) is 0 Å². The Labute approximate surface area is 113 Å². The molecule has 0 fully saturated rings. The summed E-state index contributed by atoms with van der Waals surface area (Å²) in [4.78, 5) is 4.53. The highest BCUT2D eigenvalue weighted by Crippen LogP contribution is 2.26. The van der Waals surface area contributed by atoms with Gasteiger partial charge in [-0.1, -0.05) is 32.0 Å². The van der Waals surface area contributed by atoms with Gasteiger partial charge in [-0.15, -0.1) is 0 Å². The van der Waals surface area contributed by atoms with Gasteiger partial charge in [-0.2, -0.15) is 0 Å². The number of oxazole rings is 1. The Balaban J connectivity index is 2.03. The Morgan fingerprint density at radius 2 is 1.74 bits per heavy atom. The average Bonchev–Trinajstić information content (AvgIpc) is 2.81. The van der Waals surface area contributed by atoms with E-state index in [1.165, 1.54) is 11.1 Å². The summed E-state index contributed by atoms with van der Waals surface area (Å²) in [7, 11) is 0. The van der Waals surface area contributed by atoms with Crippen molar-refractivity contribution < 1.29 is 4.42 Å². The summed E-state index contributed by atoms with van der Waals surface area (Å²) in [6.45, 7) is 6.44. The van der Waals surface area contributed by atoms with Crippen LogP contribution in [0.4, 0.5) is 0 Å². The van der Waals surface area contributed by atoms with Crippen LogP contribution in [0.15, 0.2) is 46.9 Å². The predicted molar refractivity (Wildman–Crippen MR) is 78.3 cm³/mol. The lowest BCUT2D eigenvalue weighted by Gasteiger charge is -2.04. The fourth-order valence-electron chi connectivity index (χ4n) is 2.17. The van der Waals surface area contributed by atoms with Gasteiger partial charge in [-0.05, 0) is 48.2 Å². The molecule has 96 valence electrons. The second kappa shape index (κ2) is 4.54. The maximum Gasteiger partial charge on any atom is 0.227 e. The van der Waals surface area contributed by atoms with E-state index >= 15 is 0 Å². The summed E-state index contributed by atoms with van der Waals surface area (Å²) in [6, 6.07) is 14.5. The molecule has 0 N–H and O–H groups in total. The lowest BCUT2D eigenvalue weighted by atomic mass is 10.0. The number of rotatable bonds is 2. The molecule has 0 saturated carbocycles. The lowest BCUT2D eigenvalue weighted by Crippen LogP contribution is -1.86. The Morgan fingerprint density at radius 3 is 2.42 bits per heavy atom. The molecule has 0 aliphatic heterocycles. The molecule has 3 rings (SSSR count). The molecule has 19 heavy (non-hydrogen) atoms. The maximum absolute atomic E-state index is 5.82. The molecule has 0 unspecified atom stereocenters. The van der Waals surface area contributed by atoms with Crippen LogP contribution in [0.5, 0.6) is 0 Å². The molecule has 0 aliphatic rings. The fourth-order valence-corrected chi connectivity index (χ4v) is 2.17. The molecule has 0 spiro atoms. The van der Waals surface area contributed by atoms with E-state index in [1.54, 1.807) is 0 Å². The van der Waals surface area contributed by atoms with Crippen molar-refractivity contribution in [2.45, 2.75) is 26.7 Å². The molecular formula is C17H17NO. The van der Waals surface area contributed by atoms with E-state index < -0.39 is 0 Å². The number of benzene rings is 2. The molecule has 0 radical (unpaired) electrons. The third-order valence-electron chi connectivity index (χ3n) is 3.37. The van der Waals surface area contributed by atoms with Crippen molar-refractivity contribution in [3.8, 4) is 11.5 Å². The summed E-state index contributed by atoms with van der Waals surface area (Å²) < 4.78 is 5.82. The first kappa shape index (κ1) is 12.0. The van der Waals surface area contributed by atoms with E-state index in [0.717, 1.165) is 16.7 Å². The van der Waals surface area contributed by atoms with Crippen molar-refractivity contribution in [2.75, 3.05) is 0 Å². The summed E-state index contributed by atoms with van der Waals surface area (Å²) in [5, 5.41) is 0. The minimum atomic E-state index is 0.542. The quantitative estimate of drug-likeness (QED) is 0.645. The van der Waals surface area contributed by atoms with Gasteiger partial charge in [0.15, 0.2) is 5.58 Å². The number of aryl methyl sites for hydroxylation is 1. The van der Waals surface area contributed by atoms with E-state index in [4.69, 9.17) is 4.42 Å². The van der Waals surface area contributed by atoms with Gasteiger partial charge >= 0.3 is 0 Å². The first-order valence-corrected chi connectivity index (χ1v) is 6.61. The smallest absolute Gasteiger partial charge is 0.227 e. The Hall–Kier alpha value is -2.09. The largest absolute Gasteiger partial charge is 0.436 e. The van der Waals surface area contributed by atoms with Gasteiger partial charge in [0.25, 0.3) is 0 Å². The molecule has 1 aromatic heterocycles. The second-order valence-corrected chi connectivity index (χ2v) is 5.27. The van der Waals surface area contributed by atoms with E-state index in [2.05, 4.69) is 56.1 Å². The molecule has 2 heteroatoms. The van der Waals surface area contributed by atoms with Gasteiger partial charge < -0.3 is 4.42 Å². The molecule has 0 bridgehead atoms. The lowest BCUT2D eigenvalue weighted by molar-refractivity contribution is 0.619. The number of hydrogen-bond donors (Lipinski definition) is 0. The third-order valence-corrected chi connectivity index (χ3v) is 3.37.